The molecule has 3 aliphatic rings. The Bertz CT molecular complexity index is 591. The molecule has 4 nitrogen and oxygen atoms in total. The van der Waals surface area contributed by atoms with E-state index in [-0.39, 0.29) is 18.1 Å². The Balaban J connectivity index is 1.54. The van der Waals surface area contributed by atoms with E-state index < -0.39 is 0 Å². The minimum absolute atomic E-state index is 0.0420. The van der Waals surface area contributed by atoms with Crippen LogP contribution < -0.4 is 5.73 Å². The highest BCUT2D eigenvalue weighted by molar-refractivity contribution is 5.79. The van der Waals surface area contributed by atoms with Gasteiger partial charge in [-0.1, -0.05) is 36.8 Å². The van der Waals surface area contributed by atoms with Gasteiger partial charge < -0.3 is 15.4 Å². The van der Waals surface area contributed by atoms with Crippen molar-refractivity contribution in [2.45, 2.75) is 57.2 Å². The van der Waals surface area contributed by atoms with Crippen molar-refractivity contribution in [3.8, 4) is 0 Å². The molecule has 1 aromatic carbocycles. The zero-order valence-electron chi connectivity index (χ0n) is 15.1. The third-order valence-corrected chi connectivity index (χ3v) is 6.60. The molecule has 0 spiro atoms. The van der Waals surface area contributed by atoms with Crippen molar-refractivity contribution in [2.75, 3.05) is 13.2 Å². The Hall–Kier alpha value is -1.39. The normalized spacial score (nSPS) is 38.4. The lowest BCUT2D eigenvalue weighted by Gasteiger charge is -2.46. The molecule has 0 radical (unpaired) electrons. The second-order valence-corrected chi connectivity index (χ2v) is 8.26. The van der Waals surface area contributed by atoms with E-state index in [1.165, 1.54) is 24.8 Å². The van der Waals surface area contributed by atoms with Gasteiger partial charge in [0, 0.05) is 18.5 Å². The van der Waals surface area contributed by atoms with E-state index in [9.17, 15) is 4.79 Å². The fourth-order valence-corrected chi connectivity index (χ4v) is 5.22. The molecular weight excluding hydrogens is 312 g/mol. The molecule has 4 atom stereocenters. The predicted octanol–water partition coefficient (Wildman–Crippen LogP) is 3.13. The average Bonchev–Trinajstić information content (AvgIpc) is 2.61. The molecule has 1 aliphatic heterocycles. The van der Waals surface area contributed by atoms with Crippen LogP contribution in [0.15, 0.2) is 30.3 Å². The third kappa shape index (κ3) is 3.34. The summed E-state index contributed by atoms with van der Waals surface area (Å²) in [5.74, 6) is 1.55. The molecule has 4 unspecified atom stereocenters. The van der Waals surface area contributed by atoms with Crippen LogP contribution in [-0.4, -0.2) is 36.1 Å². The second kappa shape index (κ2) is 7.08. The maximum atomic E-state index is 13.4. The van der Waals surface area contributed by atoms with Crippen molar-refractivity contribution < 1.29 is 9.53 Å². The minimum atomic E-state index is 0.0420. The minimum Gasteiger partial charge on any atom is -0.374 e. The molecule has 2 saturated carbocycles. The summed E-state index contributed by atoms with van der Waals surface area (Å²) in [6.07, 6.45) is 5.74. The molecule has 0 aromatic heterocycles. The largest absolute Gasteiger partial charge is 0.374 e. The molecule has 1 saturated heterocycles. The fourth-order valence-electron chi connectivity index (χ4n) is 5.22. The van der Waals surface area contributed by atoms with E-state index >= 15 is 0 Å². The SMILES string of the molecule is CC1CN(C(=O)C2CC3CCCC(C2)C3N)C(c2ccccc2)CO1. The van der Waals surface area contributed by atoms with Gasteiger partial charge >= 0.3 is 0 Å². The summed E-state index contributed by atoms with van der Waals surface area (Å²) in [5.41, 5.74) is 7.60. The number of ether oxygens (including phenoxy) is 1. The van der Waals surface area contributed by atoms with Crippen LogP contribution in [0.4, 0.5) is 0 Å². The molecule has 136 valence electrons. The number of fused-ring (bicyclic) bond motifs is 2. The molecule has 4 rings (SSSR count). The molecule has 4 heteroatoms. The number of hydrogen-bond acceptors (Lipinski definition) is 3. The van der Waals surface area contributed by atoms with Crippen LogP contribution >= 0.6 is 0 Å². The van der Waals surface area contributed by atoms with E-state index in [0.717, 1.165) is 12.8 Å². The number of benzene rings is 1. The zero-order chi connectivity index (χ0) is 17.4. The first-order valence-electron chi connectivity index (χ1n) is 9.86. The first-order chi connectivity index (χ1) is 12.1. The fraction of sp³-hybridized carbons (Fsp3) is 0.667. The zero-order valence-corrected chi connectivity index (χ0v) is 15.1. The van der Waals surface area contributed by atoms with Gasteiger partial charge in [0.05, 0.1) is 18.8 Å². The Morgan fingerprint density at radius 2 is 1.84 bits per heavy atom. The van der Waals surface area contributed by atoms with E-state index in [4.69, 9.17) is 10.5 Å². The van der Waals surface area contributed by atoms with Crippen LogP contribution in [0.25, 0.3) is 0 Å². The number of nitrogens with two attached hydrogens (primary N) is 1. The maximum Gasteiger partial charge on any atom is 0.226 e. The number of amides is 1. The molecule has 1 amide bonds. The first kappa shape index (κ1) is 17.0. The van der Waals surface area contributed by atoms with Crippen molar-refractivity contribution in [1.29, 1.82) is 0 Å². The summed E-state index contributed by atoms with van der Waals surface area (Å²) in [7, 11) is 0. The number of morpholine rings is 1. The number of carbonyl (C=O) groups excluding carboxylic acids is 1. The van der Waals surface area contributed by atoms with Gasteiger partial charge in [0.1, 0.15) is 0 Å². The van der Waals surface area contributed by atoms with E-state index in [1.54, 1.807) is 0 Å². The lowest BCUT2D eigenvalue weighted by molar-refractivity contribution is -0.152. The van der Waals surface area contributed by atoms with Crippen molar-refractivity contribution >= 4 is 5.91 Å². The summed E-state index contributed by atoms with van der Waals surface area (Å²) >= 11 is 0. The lowest BCUT2D eigenvalue weighted by Crippen LogP contribution is -2.53. The van der Waals surface area contributed by atoms with Gasteiger partial charge in [-0.05, 0) is 50.0 Å². The lowest BCUT2D eigenvalue weighted by atomic mass is 9.65. The average molecular weight is 342 g/mol. The molecule has 2 aliphatic carbocycles. The van der Waals surface area contributed by atoms with Gasteiger partial charge in [0.15, 0.2) is 0 Å². The molecule has 25 heavy (non-hydrogen) atoms. The van der Waals surface area contributed by atoms with Gasteiger partial charge in [-0.3, -0.25) is 4.79 Å². The van der Waals surface area contributed by atoms with E-state index in [1.807, 2.05) is 18.2 Å². The van der Waals surface area contributed by atoms with Crippen molar-refractivity contribution in [3.05, 3.63) is 35.9 Å². The number of nitrogens with zero attached hydrogens (tertiary/aromatic N) is 1. The third-order valence-electron chi connectivity index (χ3n) is 6.60. The molecule has 2 bridgehead atoms. The molecule has 3 fully saturated rings. The standard InChI is InChI=1S/C21H30N2O2/c1-14-12-23(19(13-25-14)15-6-3-2-4-7-15)21(24)18-10-16-8-5-9-17(11-18)20(16)22/h2-4,6-7,14,16-20H,5,8-13,22H2,1H3. The Kier molecular flexibility index (Phi) is 4.83. The first-order valence-corrected chi connectivity index (χ1v) is 9.86. The highest BCUT2D eigenvalue weighted by Crippen LogP contribution is 2.43. The van der Waals surface area contributed by atoms with Crippen LogP contribution in [0.1, 0.15) is 50.6 Å². The van der Waals surface area contributed by atoms with Crippen molar-refractivity contribution in [3.63, 3.8) is 0 Å². The van der Waals surface area contributed by atoms with E-state index in [2.05, 4.69) is 24.0 Å². The topological polar surface area (TPSA) is 55.6 Å². The highest BCUT2D eigenvalue weighted by Gasteiger charge is 2.43. The molecule has 2 N–H and O–H groups in total. The molecular formula is C21H30N2O2. The van der Waals surface area contributed by atoms with Gasteiger partial charge in [-0.2, -0.15) is 0 Å². The van der Waals surface area contributed by atoms with Crippen LogP contribution in [0.2, 0.25) is 0 Å². The molecule has 1 heterocycles. The highest BCUT2D eigenvalue weighted by atomic mass is 16.5. The van der Waals surface area contributed by atoms with Gasteiger partial charge in [-0.25, -0.2) is 0 Å². The molecule has 1 aromatic rings. The number of carbonyl (C=O) groups is 1. The van der Waals surface area contributed by atoms with Gasteiger partial charge in [0.2, 0.25) is 5.91 Å². The summed E-state index contributed by atoms with van der Waals surface area (Å²) in [5, 5.41) is 0. The Morgan fingerprint density at radius 3 is 2.52 bits per heavy atom. The van der Waals surface area contributed by atoms with Crippen LogP contribution in [0.3, 0.4) is 0 Å². The second-order valence-electron chi connectivity index (χ2n) is 8.26. The monoisotopic (exact) mass is 342 g/mol. The van der Waals surface area contributed by atoms with E-state index in [0.29, 0.717) is 36.9 Å². The van der Waals surface area contributed by atoms with Crippen molar-refractivity contribution in [1.82, 2.24) is 4.90 Å². The summed E-state index contributed by atoms with van der Waals surface area (Å²) in [6.45, 7) is 3.35. The summed E-state index contributed by atoms with van der Waals surface area (Å²) < 4.78 is 5.89. The van der Waals surface area contributed by atoms with Crippen LogP contribution in [0.5, 0.6) is 0 Å². The predicted molar refractivity (Wildman–Crippen MR) is 97.8 cm³/mol. The van der Waals surface area contributed by atoms with Gasteiger partial charge in [0.25, 0.3) is 0 Å². The smallest absolute Gasteiger partial charge is 0.226 e. The van der Waals surface area contributed by atoms with Gasteiger partial charge in [-0.15, -0.1) is 0 Å². The Labute approximate surface area is 150 Å². The van der Waals surface area contributed by atoms with Crippen LogP contribution in [-0.2, 0) is 9.53 Å². The number of hydrogen-bond donors (Lipinski definition) is 1. The number of rotatable bonds is 2. The van der Waals surface area contributed by atoms with Crippen LogP contribution in [0, 0.1) is 17.8 Å². The quantitative estimate of drug-likeness (QED) is 0.898. The Morgan fingerprint density at radius 1 is 1.16 bits per heavy atom. The summed E-state index contributed by atoms with van der Waals surface area (Å²) in [6, 6.07) is 10.7. The maximum absolute atomic E-state index is 13.4. The van der Waals surface area contributed by atoms with Crippen molar-refractivity contribution in [2.24, 2.45) is 23.5 Å². The summed E-state index contributed by atoms with van der Waals surface area (Å²) in [4.78, 5) is 15.5.